The Morgan fingerprint density at radius 2 is 2.12 bits per heavy atom. The summed E-state index contributed by atoms with van der Waals surface area (Å²) in [4.78, 5) is 7.80. The van der Waals surface area contributed by atoms with Crippen molar-refractivity contribution in [2.45, 2.75) is 13.3 Å². The van der Waals surface area contributed by atoms with E-state index < -0.39 is 0 Å². The molecular weight excluding hydrogens is 278 g/mol. The number of halogens is 1. The van der Waals surface area contributed by atoms with Crippen molar-refractivity contribution in [1.29, 1.82) is 0 Å². The van der Waals surface area contributed by atoms with Crippen LogP contribution in [-0.4, -0.2) is 9.97 Å². The van der Waals surface area contributed by atoms with Crippen LogP contribution in [0.1, 0.15) is 12.6 Å². The number of benzene rings is 1. The van der Waals surface area contributed by atoms with E-state index in [1.807, 2.05) is 18.2 Å². The third-order valence-corrected chi connectivity index (χ3v) is 3.66. The van der Waals surface area contributed by atoms with Crippen molar-refractivity contribution in [2.24, 2.45) is 0 Å². The van der Waals surface area contributed by atoms with Crippen LogP contribution in [0, 0.1) is 0 Å². The van der Waals surface area contributed by atoms with Gasteiger partial charge < -0.3 is 10.7 Å². The lowest BCUT2D eigenvalue weighted by molar-refractivity contribution is 1.06. The Kier molecular flexibility index (Phi) is 2.33. The van der Waals surface area contributed by atoms with Gasteiger partial charge in [-0.1, -0.05) is 19.1 Å². The quantitative estimate of drug-likeness (QED) is 0.719. The lowest BCUT2D eigenvalue weighted by Gasteiger charge is -2.00. The van der Waals surface area contributed by atoms with Crippen LogP contribution in [0.15, 0.2) is 28.7 Å². The highest BCUT2D eigenvalue weighted by atomic mass is 79.9. The summed E-state index contributed by atoms with van der Waals surface area (Å²) in [5.41, 5.74) is 9.06. The predicted molar refractivity (Wildman–Crippen MR) is 75.1 cm³/mol. The second kappa shape index (κ2) is 3.74. The number of nitrogens with two attached hydrogens (primary N) is 1. The number of para-hydroxylation sites is 1. The van der Waals surface area contributed by atoms with Crippen LogP contribution < -0.4 is 5.73 Å². The molecular formula is C13H12BrN3. The minimum Gasteiger partial charge on any atom is -0.384 e. The summed E-state index contributed by atoms with van der Waals surface area (Å²) < 4.78 is 1.06. The molecule has 0 spiro atoms. The summed E-state index contributed by atoms with van der Waals surface area (Å²) in [6, 6.07) is 8.08. The van der Waals surface area contributed by atoms with E-state index in [-0.39, 0.29) is 0 Å². The molecule has 3 rings (SSSR count). The summed E-state index contributed by atoms with van der Waals surface area (Å²) in [7, 11) is 0. The minimum atomic E-state index is 0.579. The number of nitrogens with one attached hydrogen (secondary N) is 1. The summed E-state index contributed by atoms with van der Waals surface area (Å²) in [5.74, 6) is 0.579. The third-order valence-electron chi connectivity index (χ3n) is 3.00. The number of fused-ring (bicyclic) bond motifs is 3. The number of rotatable bonds is 1. The molecule has 3 N–H and O–H groups in total. The molecule has 17 heavy (non-hydrogen) atoms. The first-order chi connectivity index (χ1) is 8.20. The fraction of sp³-hybridized carbons (Fsp3) is 0.154. The molecule has 2 aromatic heterocycles. The lowest BCUT2D eigenvalue weighted by atomic mass is 10.1. The van der Waals surface area contributed by atoms with E-state index in [9.17, 15) is 0 Å². The number of pyridine rings is 1. The predicted octanol–water partition coefficient (Wildman–Crippen LogP) is 3.62. The first-order valence-electron chi connectivity index (χ1n) is 5.56. The van der Waals surface area contributed by atoms with Crippen molar-refractivity contribution >= 4 is 43.6 Å². The molecule has 2 heterocycles. The molecule has 0 radical (unpaired) electrons. The molecule has 0 saturated carbocycles. The highest BCUT2D eigenvalue weighted by Crippen LogP contribution is 2.32. The number of nitrogen functional groups attached to an aromatic ring is 1. The van der Waals surface area contributed by atoms with Crippen molar-refractivity contribution in [2.75, 3.05) is 5.73 Å². The average molecular weight is 290 g/mol. The largest absolute Gasteiger partial charge is 0.384 e. The van der Waals surface area contributed by atoms with Gasteiger partial charge in [-0.2, -0.15) is 0 Å². The van der Waals surface area contributed by atoms with Crippen LogP contribution in [0.5, 0.6) is 0 Å². The van der Waals surface area contributed by atoms with E-state index in [0.717, 1.165) is 33.0 Å². The van der Waals surface area contributed by atoms with Crippen LogP contribution in [0.2, 0.25) is 0 Å². The Morgan fingerprint density at radius 3 is 2.88 bits per heavy atom. The lowest BCUT2D eigenvalue weighted by Crippen LogP contribution is -1.95. The number of hydrogen-bond donors (Lipinski definition) is 2. The first-order valence-corrected chi connectivity index (χ1v) is 6.35. The zero-order chi connectivity index (χ0) is 12.0. The average Bonchev–Trinajstić information content (AvgIpc) is 2.68. The Morgan fingerprint density at radius 1 is 1.29 bits per heavy atom. The van der Waals surface area contributed by atoms with Gasteiger partial charge in [0.2, 0.25) is 0 Å². The van der Waals surface area contributed by atoms with Crippen molar-refractivity contribution < 1.29 is 0 Å². The van der Waals surface area contributed by atoms with Gasteiger partial charge in [-0.25, -0.2) is 4.98 Å². The van der Waals surface area contributed by atoms with E-state index in [0.29, 0.717) is 5.82 Å². The second-order valence-corrected chi connectivity index (χ2v) is 4.91. The zero-order valence-electron chi connectivity index (χ0n) is 9.42. The van der Waals surface area contributed by atoms with Crippen molar-refractivity contribution in [3.63, 3.8) is 0 Å². The van der Waals surface area contributed by atoms with Crippen molar-refractivity contribution in [3.8, 4) is 0 Å². The van der Waals surface area contributed by atoms with E-state index in [1.165, 1.54) is 5.39 Å². The Bertz CT molecular complexity index is 715. The van der Waals surface area contributed by atoms with Gasteiger partial charge in [-0.15, -0.1) is 0 Å². The van der Waals surface area contributed by atoms with E-state index in [4.69, 9.17) is 5.73 Å². The first kappa shape index (κ1) is 10.6. The third kappa shape index (κ3) is 1.52. The zero-order valence-corrected chi connectivity index (χ0v) is 11.0. The van der Waals surface area contributed by atoms with Crippen LogP contribution >= 0.6 is 15.9 Å². The van der Waals surface area contributed by atoms with Gasteiger partial charge in [0.25, 0.3) is 0 Å². The normalized spacial score (nSPS) is 11.4. The molecule has 86 valence electrons. The number of aromatic amines is 1. The summed E-state index contributed by atoms with van der Waals surface area (Å²) >= 11 is 3.56. The molecule has 0 aliphatic heterocycles. The maximum Gasteiger partial charge on any atom is 0.124 e. The summed E-state index contributed by atoms with van der Waals surface area (Å²) in [6.07, 6.45) is 0.867. The highest BCUT2D eigenvalue weighted by molar-refractivity contribution is 9.10. The van der Waals surface area contributed by atoms with Gasteiger partial charge in [0.05, 0.1) is 16.7 Å². The maximum atomic E-state index is 5.85. The monoisotopic (exact) mass is 289 g/mol. The number of hydrogen-bond acceptors (Lipinski definition) is 2. The maximum absolute atomic E-state index is 5.85. The van der Waals surface area contributed by atoms with Gasteiger partial charge in [0, 0.05) is 15.2 Å². The standard InChI is InChI=1S/C13H12BrN3/c1-2-10-13-8(6-11(15)16-10)7-4-3-5-9(14)12(7)17-13/h3-6,17H,2H2,1H3,(H2,15,16). The molecule has 0 saturated heterocycles. The van der Waals surface area contributed by atoms with E-state index >= 15 is 0 Å². The van der Waals surface area contributed by atoms with Gasteiger partial charge in [0.1, 0.15) is 5.82 Å². The smallest absolute Gasteiger partial charge is 0.124 e. The number of anilines is 1. The number of H-pyrrole nitrogens is 1. The molecule has 3 nitrogen and oxygen atoms in total. The molecule has 0 fully saturated rings. The fourth-order valence-electron chi connectivity index (χ4n) is 2.23. The Balaban J connectivity index is 2.55. The van der Waals surface area contributed by atoms with Gasteiger partial charge in [-0.3, -0.25) is 0 Å². The SMILES string of the molecule is CCc1nc(N)cc2c1[nH]c1c(Br)cccc12. The Hall–Kier alpha value is -1.55. The number of aryl methyl sites for hydroxylation is 1. The molecule has 0 aliphatic rings. The fourth-order valence-corrected chi connectivity index (χ4v) is 2.69. The van der Waals surface area contributed by atoms with Gasteiger partial charge >= 0.3 is 0 Å². The van der Waals surface area contributed by atoms with Gasteiger partial charge in [-0.05, 0) is 34.5 Å². The van der Waals surface area contributed by atoms with Crippen molar-refractivity contribution in [3.05, 3.63) is 34.4 Å². The molecule has 0 amide bonds. The molecule has 4 heteroatoms. The van der Waals surface area contributed by atoms with Gasteiger partial charge in [0.15, 0.2) is 0 Å². The highest BCUT2D eigenvalue weighted by Gasteiger charge is 2.11. The molecule has 0 atom stereocenters. The summed E-state index contributed by atoms with van der Waals surface area (Å²) in [5, 5.41) is 2.32. The van der Waals surface area contributed by atoms with Crippen LogP contribution in [0.25, 0.3) is 21.8 Å². The molecule has 0 aliphatic carbocycles. The summed E-state index contributed by atoms with van der Waals surface area (Å²) in [6.45, 7) is 2.09. The molecule has 0 unspecified atom stereocenters. The van der Waals surface area contributed by atoms with E-state index in [1.54, 1.807) is 0 Å². The topological polar surface area (TPSA) is 54.7 Å². The van der Waals surface area contributed by atoms with E-state index in [2.05, 4.69) is 38.9 Å². The van der Waals surface area contributed by atoms with Crippen LogP contribution in [-0.2, 0) is 6.42 Å². The molecule has 1 aromatic carbocycles. The number of aromatic nitrogens is 2. The molecule has 0 bridgehead atoms. The minimum absolute atomic E-state index is 0.579. The Labute approximate surface area is 107 Å². The van der Waals surface area contributed by atoms with Crippen LogP contribution in [0.4, 0.5) is 5.82 Å². The second-order valence-electron chi connectivity index (χ2n) is 4.06. The number of nitrogens with zero attached hydrogens (tertiary/aromatic N) is 1. The van der Waals surface area contributed by atoms with Crippen LogP contribution in [0.3, 0.4) is 0 Å². The molecule has 3 aromatic rings. The van der Waals surface area contributed by atoms with Crippen molar-refractivity contribution in [1.82, 2.24) is 9.97 Å².